The average molecular weight is 316 g/mol. The van der Waals surface area contributed by atoms with E-state index < -0.39 is 0 Å². The van der Waals surface area contributed by atoms with E-state index in [2.05, 4.69) is 25.9 Å². The first-order chi connectivity index (χ1) is 10.9. The van der Waals surface area contributed by atoms with Crippen molar-refractivity contribution in [2.75, 3.05) is 38.9 Å². The van der Waals surface area contributed by atoms with Gasteiger partial charge in [0.1, 0.15) is 5.75 Å². The van der Waals surface area contributed by atoms with E-state index >= 15 is 0 Å². The van der Waals surface area contributed by atoms with Crippen molar-refractivity contribution in [2.45, 2.75) is 19.5 Å². The summed E-state index contributed by atoms with van der Waals surface area (Å²) in [5.74, 6) is 2.32. The molecule has 2 rings (SSSR count). The number of nitrogens with zero attached hydrogens (tertiary/aromatic N) is 5. The third-order valence-electron chi connectivity index (χ3n) is 3.71. The Kier molecular flexibility index (Phi) is 5.33. The highest BCUT2D eigenvalue weighted by molar-refractivity contribution is 5.34. The van der Waals surface area contributed by atoms with E-state index in [4.69, 9.17) is 10.5 Å². The van der Waals surface area contributed by atoms with E-state index in [9.17, 15) is 0 Å². The first-order valence-corrected chi connectivity index (χ1v) is 7.43. The summed E-state index contributed by atoms with van der Waals surface area (Å²) in [5.41, 5.74) is 6.92. The van der Waals surface area contributed by atoms with Gasteiger partial charge in [0.05, 0.1) is 13.2 Å². The van der Waals surface area contributed by atoms with Gasteiger partial charge in [-0.15, -0.1) is 0 Å². The molecule has 0 aliphatic rings. The molecule has 23 heavy (non-hydrogen) atoms. The summed E-state index contributed by atoms with van der Waals surface area (Å²) < 4.78 is 5.41. The minimum atomic E-state index is -0.0103. The van der Waals surface area contributed by atoms with Gasteiger partial charge in [0.15, 0.2) is 5.82 Å². The minimum absolute atomic E-state index is 0.0103. The van der Waals surface area contributed by atoms with Crippen LogP contribution in [0, 0.1) is 0 Å². The molecule has 0 spiro atoms. The van der Waals surface area contributed by atoms with Crippen LogP contribution < -0.4 is 15.4 Å². The van der Waals surface area contributed by atoms with Crippen molar-refractivity contribution in [3.8, 4) is 5.75 Å². The second-order valence-corrected chi connectivity index (χ2v) is 5.65. The van der Waals surface area contributed by atoms with Crippen LogP contribution in [0.2, 0.25) is 0 Å². The Hall–Kier alpha value is -2.41. The predicted octanol–water partition coefficient (Wildman–Crippen LogP) is 1.72. The number of ether oxygens (including phenoxy) is 1. The molecule has 0 saturated carbocycles. The van der Waals surface area contributed by atoms with Crippen molar-refractivity contribution in [1.82, 2.24) is 19.9 Å². The fourth-order valence-electron chi connectivity index (χ4n) is 2.22. The smallest absolute Gasteiger partial charge is 0.229 e. The first kappa shape index (κ1) is 17.0. The van der Waals surface area contributed by atoms with Gasteiger partial charge in [0.2, 0.25) is 11.9 Å². The van der Waals surface area contributed by atoms with Crippen LogP contribution >= 0.6 is 0 Å². The molecule has 7 heteroatoms. The van der Waals surface area contributed by atoms with E-state index in [0.717, 1.165) is 11.3 Å². The Balaban J connectivity index is 2.21. The van der Waals surface area contributed by atoms with E-state index in [1.807, 2.05) is 51.2 Å². The summed E-state index contributed by atoms with van der Waals surface area (Å²) in [4.78, 5) is 16.9. The van der Waals surface area contributed by atoms with Crippen LogP contribution in [0.5, 0.6) is 5.75 Å². The van der Waals surface area contributed by atoms with E-state index in [1.165, 1.54) is 0 Å². The number of anilines is 2. The van der Waals surface area contributed by atoms with Crippen molar-refractivity contribution in [2.24, 2.45) is 0 Å². The number of nitrogen functional groups attached to an aromatic ring is 1. The van der Waals surface area contributed by atoms with Gasteiger partial charge >= 0.3 is 0 Å². The van der Waals surface area contributed by atoms with Gasteiger partial charge in [0, 0.05) is 26.2 Å². The first-order valence-electron chi connectivity index (χ1n) is 7.43. The van der Waals surface area contributed by atoms with Gasteiger partial charge in [-0.2, -0.15) is 15.0 Å². The van der Waals surface area contributed by atoms with Crippen LogP contribution in [-0.4, -0.2) is 48.1 Å². The normalized spacial score (nSPS) is 12.3. The maximum Gasteiger partial charge on any atom is 0.229 e. The zero-order valence-electron chi connectivity index (χ0n) is 14.3. The maximum absolute atomic E-state index is 5.81. The fourth-order valence-corrected chi connectivity index (χ4v) is 2.22. The van der Waals surface area contributed by atoms with Gasteiger partial charge in [0.25, 0.3) is 0 Å². The molecule has 2 N–H and O–H groups in total. The van der Waals surface area contributed by atoms with Crippen LogP contribution in [0.1, 0.15) is 24.4 Å². The molecule has 1 unspecified atom stereocenters. The summed E-state index contributed by atoms with van der Waals surface area (Å²) in [6.07, 6.45) is 0. The quantitative estimate of drug-likeness (QED) is 0.869. The zero-order valence-corrected chi connectivity index (χ0v) is 14.3. The standard InChI is InChI=1S/C16H24N6O/c1-11(14-18-15(17)20-16(19-14)21(2)3)22(4)10-12-8-6-7-9-13(12)23-5/h6-9,11H,10H2,1-5H3,(H2,17,18,19,20). The maximum atomic E-state index is 5.81. The highest BCUT2D eigenvalue weighted by Gasteiger charge is 2.18. The van der Waals surface area contributed by atoms with Crippen molar-refractivity contribution < 1.29 is 4.74 Å². The molecule has 0 radical (unpaired) electrons. The Morgan fingerprint density at radius 3 is 2.48 bits per heavy atom. The molecule has 0 aliphatic carbocycles. The lowest BCUT2D eigenvalue weighted by molar-refractivity contribution is 0.240. The van der Waals surface area contributed by atoms with Crippen LogP contribution in [-0.2, 0) is 6.54 Å². The molecule has 0 aliphatic heterocycles. The average Bonchev–Trinajstić information content (AvgIpc) is 2.53. The minimum Gasteiger partial charge on any atom is -0.496 e. The summed E-state index contributed by atoms with van der Waals surface area (Å²) in [6, 6.07) is 7.96. The van der Waals surface area contributed by atoms with Crippen LogP contribution in [0.4, 0.5) is 11.9 Å². The summed E-state index contributed by atoms with van der Waals surface area (Å²) in [5, 5.41) is 0. The summed E-state index contributed by atoms with van der Waals surface area (Å²) in [6.45, 7) is 2.76. The molecule has 0 fully saturated rings. The Morgan fingerprint density at radius 1 is 1.13 bits per heavy atom. The highest BCUT2D eigenvalue weighted by atomic mass is 16.5. The topological polar surface area (TPSA) is 80.4 Å². The van der Waals surface area contributed by atoms with Crippen molar-refractivity contribution >= 4 is 11.9 Å². The van der Waals surface area contributed by atoms with Gasteiger partial charge in [-0.25, -0.2) is 0 Å². The second-order valence-electron chi connectivity index (χ2n) is 5.65. The molecular formula is C16H24N6O. The largest absolute Gasteiger partial charge is 0.496 e. The van der Waals surface area contributed by atoms with Gasteiger partial charge in [-0.3, -0.25) is 4.90 Å². The number of hydrogen-bond donors (Lipinski definition) is 1. The molecule has 7 nitrogen and oxygen atoms in total. The monoisotopic (exact) mass is 316 g/mol. The third kappa shape index (κ3) is 4.07. The Labute approximate surface area is 137 Å². The molecule has 1 atom stereocenters. The van der Waals surface area contributed by atoms with E-state index in [1.54, 1.807) is 7.11 Å². The van der Waals surface area contributed by atoms with Crippen LogP contribution in [0.3, 0.4) is 0 Å². The van der Waals surface area contributed by atoms with Crippen molar-refractivity contribution in [1.29, 1.82) is 0 Å². The lowest BCUT2D eigenvalue weighted by atomic mass is 10.1. The lowest BCUT2D eigenvalue weighted by Crippen LogP contribution is -2.25. The number of aromatic nitrogens is 3. The SMILES string of the molecule is COc1ccccc1CN(C)C(C)c1nc(N)nc(N(C)C)n1. The van der Waals surface area contributed by atoms with Crippen LogP contribution in [0.25, 0.3) is 0 Å². The molecule has 1 heterocycles. The van der Waals surface area contributed by atoms with Gasteiger partial charge in [-0.1, -0.05) is 18.2 Å². The van der Waals surface area contributed by atoms with Crippen LogP contribution in [0.15, 0.2) is 24.3 Å². The zero-order chi connectivity index (χ0) is 17.0. The number of rotatable bonds is 6. The molecule has 0 amide bonds. The Bertz CT molecular complexity index is 661. The number of benzene rings is 1. The molecule has 1 aromatic carbocycles. The number of nitrogens with two attached hydrogens (primary N) is 1. The fraction of sp³-hybridized carbons (Fsp3) is 0.438. The number of hydrogen-bond acceptors (Lipinski definition) is 7. The summed E-state index contributed by atoms with van der Waals surface area (Å²) in [7, 11) is 7.45. The Morgan fingerprint density at radius 2 is 1.83 bits per heavy atom. The summed E-state index contributed by atoms with van der Waals surface area (Å²) >= 11 is 0. The second kappa shape index (κ2) is 7.23. The molecule has 2 aromatic rings. The molecule has 1 aromatic heterocycles. The molecule has 124 valence electrons. The number of para-hydroxylation sites is 1. The number of methoxy groups -OCH3 is 1. The highest BCUT2D eigenvalue weighted by Crippen LogP contribution is 2.24. The van der Waals surface area contributed by atoms with Gasteiger partial charge < -0.3 is 15.4 Å². The van der Waals surface area contributed by atoms with Gasteiger partial charge in [-0.05, 0) is 20.0 Å². The lowest BCUT2D eigenvalue weighted by Gasteiger charge is -2.25. The molecular weight excluding hydrogens is 292 g/mol. The molecule has 0 bridgehead atoms. The van der Waals surface area contributed by atoms with E-state index in [-0.39, 0.29) is 12.0 Å². The van der Waals surface area contributed by atoms with Crippen molar-refractivity contribution in [3.05, 3.63) is 35.7 Å². The predicted molar refractivity (Wildman–Crippen MR) is 91.4 cm³/mol. The van der Waals surface area contributed by atoms with E-state index in [0.29, 0.717) is 18.3 Å². The third-order valence-corrected chi connectivity index (χ3v) is 3.71. The van der Waals surface area contributed by atoms with Crippen molar-refractivity contribution in [3.63, 3.8) is 0 Å². The molecule has 0 saturated heterocycles.